The van der Waals surface area contributed by atoms with Gasteiger partial charge in [0.2, 0.25) is 0 Å². The standard InChI is InChI=1S/C13H13NOS/c1-15-13-7-3-2-6-12(13)14-9-8-11-5-4-10-16-11/h2-7,9-10H,8H2,1H3. The summed E-state index contributed by atoms with van der Waals surface area (Å²) in [6, 6.07) is 11.9. The highest BCUT2D eigenvalue weighted by atomic mass is 32.1. The van der Waals surface area contributed by atoms with E-state index in [2.05, 4.69) is 22.5 Å². The first kappa shape index (κ1) is 10.9. The summed E-state index contributed by atoms with van der Waals surface area (Å²) in [6.45, 7) is 0. The minimum atomic E-state index is 0.810. The first-order valence-corrected chi connectivity index (χ1v) is 5.96. The lowest BCUT2D eigenvalue weighted by molar-refractivity contribution is 0.416. The fourth-order valence-corrected chi connectivity index (χ4v) is 2.06. The minimum absolute atomic E-state index is 0.810. The van der Waals surface area contributed by atoms with E-state index >= 15 is 0 Å². The molecule has 1 aromatic heterocycles. The monoisotopic (exact) mass is 231 g/mol. The normalized spacial score (nSPS) is 10.8. The van der Waals surface area contributed by atoms with Crippen molar-refractivity contribution in [2.24, 2.45) is 4.99 Å². The van der Waals surface area contributed by atoms with Gasteiger partial charge in [0.25, 0.3) is 0 Å². The van der Waals surface area contributed by atoms with Gasteiger partial charge in [-0.25, -0.2) is 0 Å². The Balaban J connectivity index is 2.05. The van der Waals surface area contributed by atoms with Gasteiger partial charge >= 0.3 is 0 Å². The summed E-state index contributed by atoms with van der Waals surface area (Å²) in [6.07, 6.45) is 2.79. The summed E-state index contributed by atoms with van der Waals surface area (Å²) in [5.74, 6) is 0.810. The van der Waals surface area contributed by atoms with Crippen LogP contribution in [0.2, 0.25) is 0 Å². The van der Waals surface area contributed by atoms with Crippen LogP contribution in [0, 0.1) is 0 Å². The Hall–Kier alpha value is -1.61. The molecule has 0 saturated carbocycles. The molecule has 0 fully saturated rings. The van der Waals surface area contributed by atoms with Crippen LogP contribution >= 0.6 is 11.3 Å². The van der Waals surface area contributed by atoms with Gasteiger partial charge in [0, 0.05) is 17.5 Å². The van der Waals surface area contributed by atoms with Crippen molar-refractivity contribution < 1.29 is 4.74 Å². The van der Waals surface area contributed by atoms with Crippen molar-refractivity contribution in [3.63, 3.8) is 0 Å². The van der Waals surface area contributed by atoms with Crippen LogP contribution in [-0.2, 0) is 6.42 Å². The van der Waals surface area contributed by atoms with Gasteiger partial charge in [0.1, 0.15) is 11.4 Å². The maximum absolute atomic E-state index is 5.22. The first-order valence-electron chi connectivity index (χ1n) is 5.08. The summed E-state index contributed by atoms with van der Waals surface area (Å²) in [7, 11) is 1.66. The van der Waals surface area contributed by atoms with Gasteiger partial charge in [0.05, 0.1) is 7.11 Å². The topological polar surface area (TPSA) is 21.6 Å². The number of hydrogen-bond acceptors (Lipinski definition) is 3. The maximum Gasteiger partial charge on any atom is 0.144 e. The zero-order chi connectivity index (χ0) is 11.2. The molecule has 0 saturated heterocycles. The van der Waals surface area contributed by atoms with Crippen LogP contribution in [-0.4, -0.2) is 13.3 Å². The number of aliphatic imine (C=N–C) groups is 1. The Kier molecular flexibility index (Phi) is 3.72. The average molecular weight is 231 g/mol. The van der Waals surface area contributed by atoms with Crippen molar-refractivity contribution in [3.8, 4) is 5.75 Å². The molecule has 2 aromatic rings. The van der Waals surface area contributed by atoms with Crippen molar-refractivity contribution >= 4 is 23.2 Å². The molecule has 1 aromatic carbocycles. The molecule has 0 atom stereocenters. The third-order valence-corrected chi connectivity index (χ3v) is 3.09. The second kappa shape index (κ2) is 5.47. The molecule has 82 valence electrons. The molecule has 0 unspecified atom stereocenters. The number of benzene rings is 1. The van der Waals surface area contributed by atoms with Crippen LogP contribution in [0.15, 0.2) is 46.8 Å². The number of methoxy groups -OCH3 is 1. The molecule has 0 spiro atoms. The van der Waals surface area contributed by atoms with E-state index in [1.807, 2.05) is 30.5 Å². The third kappa shape index (κ3) is 2.70. The fraction of sp³-hybridized carbons (Fsp3) is 0.154. The molecule has 0 N–H and O–H groups in total. The number of ether oxygens (including phenoxy) is 1. The van der Waals surface area contributed by atoms with Gasteiger partial charge in [-0.05, 0) is 23.6 Å². The molecule has 3 heteroatoms. The van der Waals surface area contributed by atoms with Gasteiger partial charge in [-0.15, -0.1) is 11.3 Å². The lowest BCUT2D eigenvalue weighted by Gasteiger charge is -2.02. The van der Waals surface area contributed by atoms with Gasteiger partial charge in [-0.2, -0.15) is 0 Å². The predicted molar refractivity (Wildman–Crippen MR) is 69.2 cm³/mol. The van der Waals surface area contributed by atoms with Crippen LogP contribution in [0.4, 0.5) is 5.69 Å². The van der Waals surface area contributed by atoms with E-state index in [1.165, 1.54) is 4.88 Å². The third-order valence-electron chi connectivity index (χ3n) is 2.19. The number of rotatable bonds is 4. The summed E-state index contributed by atoms with van der Waals surface area (Å²) in [4.78, 5) is 5.73. The van der Waals surface area contributed by atoms with E-state index in [1.54, 1.807) is 18.4 Å². The summed E-state index contributed by atoms with van der Waals surface area (Å²) in [5, 5.41) is 2.08. The molecule has 0 bridgehead atoms. The van der Waals surface area contributed by atoms with Crippen molar-refractivity contribution in [3.05, 3.63) is 46.7 Å². The van der Waals surface area contributed by atoms with Crippen LogP contribution < -0.4 is 4.74 Å². The highest BCUT2D eigenvalue weighted by Crippen LogP contribution is 2.25. The van der Waals surface area contributed by atoms with Crippen molar-refractivity contribution in [2.75, 3.05) is 7.11 Å². The van der Waals surface area contributed by atoms with Crippen molar-refractivity contribution in [1.29, 1.82) is 0 Å². The lowest BCUT2D eigenvalue weighted by atomic mass is 10.3. The van der Waals surface area contributed by atoms with Crippen LogP contribution in [0.5, 0.6) is 5.75 Å². The molecular weight excluding hydrogens is 218 g/mol. The number of para-hydroxylation sites is 2. The largest absolute Gasteiger partial charge is 0.494 e. The van der Waals surface area contributed by atoms with Crippen LogP contribution in [0.1, 0.15) is 4.88 Å². The van der Waals surface area contributed by atoms with Crippen LogP contribution in [0.25, 0.3) is 0 Å². The Morgan fingerprint density at radius 3 is 2.88 bits per heavy atom. The van der Waals surface area contributed by atoms with Crippen molar-refractivity contribution in [2.45, 2.75) is 6.42 Å². The molecule has 0 radical (unpaired) electrons. The Bertz CT molecular complexity index is 463. The summed E-state index contributed by atoms with van der Waals surface area (Å²) < 4.78 is 5.22. The first-order chi connectivity index (χ1) is 7.90. The lowest BCUT2D eigenvalue weighted by Crippen LogP contribution is -1.84. The smallest absolute Gasteiger partial charge is 0.144 e. The molecule has 0 aliphatic carbocycles. The molecule has 16 heavy (non-hydrogen) atoms. The Labute approximate surface area is 99.2 Å². The zero-order valence-electron chi connectivity index (χ0n) is 9.09. The molecule has 0 aliphatic heterocycles. The molecule has 1 heterocycles. The zero-order valence-corrected chi connectivity index (χ0v) is 9.91. The van der Waals surface area contributed by atoms with E-state index in [4.69, 9.17) is 4.74 Å². The van der Waals surface area contributed by atoms with E-state index < -0.39 is 0 Å². The molecular formula is C13H13NOS. The van der Waals surface area contributed by atoms with Crippen molar-refractivity contribution in [1.82, 2.24) is 0 Å². The minimum Gasteiger partial charge on any atom is -0.494 e. The number of thiophene rings is 1. The quantitative estimate of drug-likeness (QED) is 0.735. The predicted octanol–water partition coefficient (Wildman–Crippen LogP) is 3.70. The second-order valence-corrected chi connectivity index (χ2v) is 4.30. The SMILES string of the molecule is COc1ccccc1N=CCc1cccs1. The fourth-order valence-electron chi connectivity index (χ4n) is 1.40. The maximum atomic E-state index is 5.22. The molecule has 2 nitrogen and oxygen atoms in total. The van der Waals surface area contributed by atoms with E-state index in [9.17, 15) is 0 Å². The number of hydrogen-bond donors (Lipinski definition) is 0. The molecule has 0 aliphatic rings. The number of nitrogens with zero attached hydrogens (tertiary/aromatic N) is 1. The van der Waals surface area contributed by atoms with Gasteiger partial charge < -0.3 is 4.74 Å². The van der Waals surface area contributed by atoms with E-state index in [0.717, 1.165) is 17.9 Å². The summed E-state index contributed by atoms with van der Waals surface area (Å²) in [5.41, 5.74) is 0.876. The Morgan fingerprint density at radius 2 is 2.12 bits per heavy atom. The molecule has 2 rings (SSSR count). The Morgan fingerprint density at radius 1 is 1.25 bits per heavy atom. The average Bonchev–Trinajstić information content (AvgIpc) is 2.83. The van der Waals surface area contributed by atoms with E-state index in [0.29, 0.717) is 0 Å². The highest BCUT2D eigenvalue weighted by molar-refractivity contribution is 7.10. The summed E-state index contributed by atoms with van der Waals surface area (Å²) >= 11 is 1.75. The van der Waals surface area contributed by atoms with Gasteiger partial charge in [-0.1, -0.05) is 18.2 Å². The van der Waals surface area contributed by atoms with Gasteiger partial charge in [-0.3, -0.25) is 4.99 Å². The second-order valence-electron chi connectivity index (χ2n) is 3.27. The highest BCUT2D eigenvalue weighted by Gasteiger charge is 1.97. The van der Waals surface area contributed by atoms with E-state index in [-0.39, 0.29) is 0 Å². The molecule has 0 amide bonds. The van der Waals surface area contributed by atoms with Gasteiger partial charge in [0.15, 0.2) is 0 Å². The van der Waals surface area contributed by atoms with Crippen LogP contribution in [0.3, 0.4) is 0 Å².